The summed E-state index contributed by atoms with van der Waals surface area (Å²) in [6.45, 7) is 5.65. The number of benzene rings is 1. The number of carbonyl (C=O) groups excluding carboxylic acids is 2. The number of aromatic nitrogens is 2. The first-order valence-electron chi connectivity index (χ1n) is 8.36. The summed E-state index contributed by atoms with van der Waals surface area (Å²) in [7, 11) is 0. The highest BCUT2D eigenvalue weighted by molar-refractivity contribution is 5.92. The lowest BCUT2D eigenvalue weighted by Gasteiger charge is -2.28. The summed E-state index contributed by atoms with van der Waals surface area (Å²) in [5, 5.41) is 11.3. The minimum absolute atomic E-state index is 0.311. The van der Waals surface area contributed by atoms with Crippen molar-refractivity contribution in [3.05, 3.63) is 34.7 Å². The summed E-state index contributed by atoms with van der Waals surface area (Å²) >= 11 is 0. The van der Waals surface area contributed by atoms with Crippen LogP contribution in [0.4, 0.5) is 4.79 Å². The number of nitrogens with zero attached hydrogens (tertiary/aromatic N) is 3. The van der Waals surface area contributed by atoms with Crippen LogP contribution in [0.5, 0.6) is 0 Å². The van der Waals surface area contributed by atoms with Crippen LogP contribution in [0.25, 0.3) is 11.0 Å². The number of amides is 2. The van der Waals surface area contributed by atoms with Gasteiger partial charge in [0.2, 0.25) is 5.91 Å². The van der Waals surface area contributed by atoms with Gasteiger partial charge in [-0.1, -0.05) is 32.9 Å². The molecule has 2 rings (SSSR count). The van der Waals surface area contributed by atoms with Crippen LogP contribution in [-0.2, 0) is 11.3 Å². The summed E-state index contributed by atoms with van der Waals surface area (Å²) in [6, 6.07) is 7.30. The van der Waals surface area contributed by atoms with Crippen molar-refractivity contribution in [2.24, 2.45) is 11.1 Å². The molecule has 8 nitrogen and oxygen atoms in total. The molecule has 0 unspecified atom stereocenters. The Morgan fingerprint density at radius 1 is 1.27 bits per heavy atom. The van der Waals surface area contributed by atoms with Gasteiger partial charge in [0.15, 0.2) is 0 Å². The molecule has 8 heteroatoms. The van der Waals surface area contributed by atoms with E-state index in [2.05, 4.69) is 5.32 Å². The Morgan fingerprint density at radius 2 is 1.88 bits per heavy atom. The Kier molecular flexibility index (Phi) is 5.50. The number of para-hydroxylation sites is 2. The number of carbonyl (C=O) groups is 2. The zero-order valence-electron chi connectivity index (χ0n) is 15.2. The number of primary amides is 1. The van der Waals surface area contributed by atoms with Crippen molar-refractivity contribution in [1.82, 2.24) is 14.5 Å². The van der Waals surface area contributed by atoms with Gasteiger partial charge in [-0.3, -0.25) is 9.36 Å². The zero-order valence-corrected chi connectivity index (χ0v) is 15.2. The lowest BCUT2D eigenvalue weighted by atomic mass is 9.86. The topological polar surface area (TPSA) is 123 Å². The number of unbranched alkanes of at least 4 members (excludes halogenated alkanes) is 1. The largest absolute Gasteiger partial charge is 0.368 e. The highest BCUT2D eigenvalue weighted by atomic mass is 16.2. The Bertz CT molecular complexity index is 927. The number of rotatable bonds is 5. The summed E-state index contributed by atoms with van der Waals surface area (Å²) < 4.78 is 2.46. The van der Waals surface area contributed by atoms with Crippen molar-refractivity contribution in [3.63, 3.8) is 0 Å². The van der Waals surface area contributed by atoms with Gasteiger partial charge in [-0.05, 0) is 24.0 Å². The van der Waals surface area contributed by atoms with Crippen LogP contribution in [0.15, 0.2) is 29.1 Å². The predicted molar refractivity (Wildman–Crippen MR) is 97.4 cm³/mol. The van der Waals surface area contributed by atoms with Crippen LogP contribution in [0, 0.1) is 16.7 Å². The second-order valence-corrected chi connectivity index (χ2v) is 7.17. The standard InChI is InChI=1S/C18H23N5O3/c1-18(2,3)14(15(20)24)21-16(25)23-13-9-5-4-8-12(13)22(17(23)26)11-7-6-10-19/h4-5,8-9,14H,6-7,11H2,1-3H3,(H2,20,24)(H,21,25)/t14-/m1/s1. The first-order chi connectivity index (χ1) is 12.2. The van der Waals surface area contributed by atoms with Gasteiger partial charge in [-0.15, -0.1) is 0 Å². The Morgan fingerprint density at radius 3 is 2.42 bits per heavy atom. The van der Waals surface area contributed by atoms with Gasteiger partial charge < -0.3 is 11.1 Å². The van der Waals surface area contributed by atoms with Gasteiger partial charge in [-0.25, -0.2) is 14.2 Å². The molecule has 1 heterocycles. The second kappa shape index (κ2) is 7.44. The molecule has 0 saturated heterocycles. The summed E-state index contributed by atoms with van der Waals surface area (Å²) in [5.41, 5.74) is 5.32. The molecular weight excluding hydrogens is 334 g/mol. The van der Waals surface area contributed by atoms with Gasteiger partial charge >= 0.3 is 11.7 Å². The van der Waals surface area contributed by atoms with E-state index in [0.29, 0.717) is 30.4 Å². The van der Waals surface area contributed by atoms with Crippen LogP contribution in [0.3, 0.4) is 0 Å². The molecule has 0 bridgehead atoms. The minimum Gasteiger partial charge on any atom is -0.368 e. The number of hydrogen-bond donors (Lipinski definition) is 2. The van der Waals surface area contributed by atoms with Crippen LogP contribution >= 0.6 is 0 Å². The number of aryl methyl sites for hydroxylation is 1. The third kappa shape index (κ3) is 3.77. The number of hydrogen-bond acceptors (Lipinski definition) is 4. The molecule has 1 aromatic carbocycles. The molecule has 1 atom stereocenters. The predicted octanol–water partition coefficient (Wildman–Crippen LogP) is 1.56. The van der Waals surface area contributed by atoms with Crippen molar-refractivity contribution in [3.8, 4) is 6.07 Å². The highest BCUT2D eigenvalue weighted by Crippen LogP contribution is 2.20. The van der Waals surface area contributed by atoms with Crippen LogP contribution in [-0.4, -0.2) is 27.1 Å². The molecule has 138 valence electrons. The van der Waals surface area contributed by atoms with Crippen molar-refractivity contribution in [2.45, 2.75) is 46.2 Å². The van der Waals surface area contributed by atoms with E-state index < -0.39 is 29.1 Å². The average molecular weight is 357 g/mol. The van der Waals surface area contributed by atoms with Crippen LogP contribution < -0.4 is 16.7 Å². The molecule has 26 heavy (non-hydrogen) atoms. The molecule has 0 aliphatic carbocycles. The fourth-order valence-electron chi connectivity index (χ4n) is 2.84. The lowest BCUT2D eigenvalue weighted by molar-refractivity contribution is -0.122. The van der Waals surface area contributed by atoms with E-state index in [-0.39, 0.29) is 0 Å². The van der Waals surface area contributed by atoms with E-state index in [0.717, 1.165) is 4.57 Å². The van der Waals surface area contributed by atoms with Crippen molar-refractivity contribution < 1.29 is 9.59 Å². The zero-order chi connectivity index (χ0) is 19.5. The maximum absolute atomic E-state index is 12.8. The van der Waals surface area contributed by atoms with Crippen LogP contribution in [0.1, 0.15) is 33.6 Å². The molecule has 0 saturated carbocycles. The SMILES string of the molecule is CC(C)(C)[C@H](NC(=O)n1c(=O)n(CCCC#N)c2ccccc21)C(N)=O. The van der Waals surface area contributed by atoms with E-state index >= 15 is 0 Å². The molecular formula is C18H23N5O3. The maximum Gasteiger partial charge on any atom is 0.337 e. The van der Waals surface area contributed by atoms with E-state index in [1.54, 1.807) is 45.0 Å². The van der Waals surface area contributed by atoms with Gasteiger partial charge in [0.1, 0.15) is 6.04 Å². The number of nitrogens with two attached hydrogens (primary N) is 1. The Balaban J connectivity index is 2.48. The smallest absolute Gasteiger partial charge is 0.337 e. The molecule has 0 aliphatic rings. The van der Waals surface area contributed by atoms with Gasteiger partial charge in [0.05, 0.1) is 17.1 Å². The third-order valence-corrected chi connectivity index (χ3v) is 4.13. The molecule has 0 fully saturated rings. The maximum atomic E-state index is 12.8. The van der Waals surface area contributed by atoms with E-state index in [9.17, 15) is 14.4 Å². The molecule has 0 radical (unpaired) electrons. The quantitative estimate of drug-likeness (QED) is 0.788. The Labute approximate surface area is 151 Å². The molecule has 2 amide bonds. The number of nitriles is 1. The monoisotopic (exact) mass is 357 g/mol. The summed E-state index contributed by atoms with van der Waals surface area (Å²) in [6.07, 6.45) is 0.809. The molecule has 0 spiro atoms. The van der Waals surface area contributed by atoms with E-state index in [1.165, 1.54) is 4.57 Å². The number of fused-ring (bicyclic) bond motifs is 1. The molecule has 0 aliphatic heterocycles. The fourth-order valence-corrected chi connectivity index (χ4v) is 2.84. The highest BCUT2D eigenvalue weighted by Gasteiger charge is 2.32. The molecule has 1 aromatic heterocycles. The first-order valence-corrected chi connectivity index (χ1v) is 8.36. The summed E-state index contributed by atoms with van der Waals surface area (Å²) in [4.78, 5) is 37.3. The van der Waals surface area contributed by atoms with Crippen molar-refractivity contribution >= 4 is 23.0 Å². The average Bonchev–Trinajstić information content (AvgIpc) is 2.83. The van der Waals surface area contributed by atoms with Gasteiger partial charge in [0, 0.05) is 13.0 Å². The Hall–Kier alpha value is -3.08. The van der Waals surface area contributed by atoms with E-state index in [4.69, 9.17) is 11.0 Å². The second-order valence-electron chi connectivity index (χ2n) is 7.17. The molecule has 2 aromatic rings. The van der Waals surface area contributed by atoms with E-state index in [1.807, 2.05) is 6.07 Å². The minimum atomic E-state index is -0.928. The van der Waals surface area contributed by atoms with Gasteiger partial charge in [0.25, 0.3) is 0 Å². The first kappa shape index (κ1) is 19.2. The van der Waals surface area contributed by atoms with Crippen molar-refractivity contribution in [2.75, 3.05) is 0 Å². The molecule has 3 N–H and O–H groups in total. The third-order valence-electron chi connectivity index (χ3n) is 4.13. The fraction of sp³-hybridized carbons (Fsp3) is 0.444. The normalized spacial score (nSPS) is 12.5. The van der Waals surface area contributed by atoms with Crippen LogP contribution in [0.2, 0.25) is 0 Å². The number of nitrogens with one attached hydrogen (secondary N) is 1. The lowest BCUT2D eigenvalue weighted by Crippen LogP contribution is -2.54. The number of imidazole rings is 1. The van der Waals surface area contributed by atoms with Crippen molar-refractivity contribution in [1.29, 1.82) is 5.26 Å². The van der Waals surface area contributed by atoms with Gasteiger partial charge in [-0.2, -0.15) is 5.26 Å². The summed E-state index contributed by atoms with van der Waals surface area (Å²) in [5.74, 6) is -0.670.